The molecule has 0 fully saturated rings. The van der Waals surface area contributed by atoms with Gasteiger partial charge < -0.3 is 11.1 Å². The minimum Gasteiger partial charge on any atom is -0.325 e. The third kappa shape index (κ3) is 2.61. The number of carbonyl (C=O) groups is 1. The smallest absolute Gasteiger partial charge is 0.240 e. The molecule has 1 atom stereocenters. The van der Waals surface area contributed by atoms with Crippen LogP contribution in [0.5, 0.6) is 0 Å². The molecule has 0 spiro atoms. The van der Waals surface area contributed by atoms with E-state index in [0.717, 1.165) is 5.56 Å². The molecule has 1 aromatic carbocycles. The van der Waals surface area contributed by atoms with Crippen LogP contribution in [0.2, 0.25) is 0 Å². The highest BCUT2D eigenvalue weighted by atomic mass is 16.2. The van der Waals surface area contributed by atoms with Crippen molar-refractivity contribution in [2.24, 2.45) is 5.73 Å². The van der Waals surface area contributed by atoms with Gasteiger partial charge in [-0.1, -0.05) is 5.92 Å². The molecule has 1 unspecified atom stereocenters. The average molecular weight is 188 g/mol. The minimum absolute atomic E-state index is 0.210. The van der Waals surface area contributed by atoms with Crippen LogP contribution in [-0.2, 0) is 4.79 Å². The van der Waals surface area contributed by atoms with Crippen molar-refractivity contribution < 1.29 is 4.79 Å². The van der Waals surface area contributed by atoms with Gasteiger partial charge in [-0.05, 0) is 31.2 Å². The number of anilines is 1. The zero-order chi connectivity index (χ0) is 10.6. The Kier molecular flexibility index (Phi) is 3.27. The van der Waals surface area contributed by atoms with Gasteiger partial charge in [0.15, 0.2) is 0 Å². The molecule has 3 N–H and O–H groups in total. The minimum atomic E-state index is -0.512. The van der Waals surface area contributed by atoms with Crippen molar-refractivity contribution in [3.05, 3.63) is 29.8 Å². The summed E-state index contributed by atoms with van der Waals surface area (Å²) in [5, 5.41) is 2.66. The quantitative estimate of drug-likeness (QED) is 0.679. The normalized spacial score (nSPS) is 11.5. The Morgan fingerprint density at radius 2 is 2.07 bits per heavy atom. The number of benzene rings is 1. The molecule has 0 aliphatic heterocycles. The van der Waals surface area contributed by atoms with Crippen molar-refractivity contribution in [3.63, 3.8) is 0 Å². The number of carbonyl (C=O) groups excluding carboxylic acids is 1. The topological polar surface area (TPSA) is 55.1 Å². The van der Waals surface area contributed by atoms with Gasteiger partial charge in [0.2, 0.25) is 5.91 Å². The van der Waals surface area contributed by atoms with Crippen LogP contribution < -0.4 is 11.1 Å². The highest BCUT2D eigenvalue weighted by molar-refractivity contribution is 5.94. The van der Waals surface area contributed by atoms with Crippen LogP contribution in [0.25, 0.3) is 0 Å². The lowest BCUT2D eigenvalue weighted by molar-refractivity contribution is -0.117. The van der Waals surface area contributed by atoms with Gasteiger partial charge in [-0.15, -0.1) is 6.42 Å². The van der Waals surface area contributed by atoms with Gasteiger partial charge in [-0.25, -0.2) is 0 Å². The largest absolute Gasteiger partial charge is 0.325 e. The Balaban J connectivity index is 2.70. The number of rotatable bonds is 2. The Labute approximate surface area is 83.3 Å². The third-order valence-corrected chi connectivity index (χ3v) is 1.73. The van der Waals surface area contributed by atoms with Gasteiger partial charge in [0.1, 0.15) is 0 Å². The lowest BCUT2D eigenvalue weighted by atomic mass is 10.2. The van der Waals surface area contributed by atoms with Gasteiger partial charge in [0.05, 0.1) is 6.04 Å². The first-order chi connectivity index (χ1) is 6.63. The summed E-state index contributed by atoms with van der Waals surface area (Å²) in [4.78, 5) is 11.2. The van der Waals surface area contributed by atoms with Crippen LogP contribution in [0.1, 0.15) is 12.5 Å². The number of hydrogen-bond donors (Lipinski definition) is 2. The van der Waals surface area contributed by atoms with Crippen LogP contribution in [0, 0.1) is 12.3 Å². The van der Waals surface area contributed by atoms with Crippen LogP contribution in [-0.4, -0.2) is 11.9 Å². The molecule has 3 heteroatoms. The lowest BCUT2D eigenvalue weighted by Gasteiger charge is -2.07. The Bertz CT molecular complexity index is 360. The van der Waals surface area contributed by atoms with E-state index in [1.165, 1.54) is 0 Å². The number of amides is 1. The third-order valence-electron chi connectivity index (χ3n) is 1.73. The fourth-order valence-corrected chi connectivity index (χ4v) is 0.906. The van der Waals surface area contributed by atoms with Crippen molar-refractivity contribution >= 4 is 11.6 Å². The van der Waals surface area contributed by atoms with Gasteiger partial charge in [0, 0.05) is 11.3 Å². The van der Waals surface area contributed by atoms with Gasteiger partial charge >= 0.3 is 0 Å². The second-order valence-electron chi connectivity index (χ2n) is 3.00. The first-order valence-corrected chi connectivity index (χ1v) is 4.26. The predicted octanol–water partition coefficient (Wildman–Crippen LogP) is 0.954. The lowest BCUT2D eigenvalue weighted by Crippen LogP contribution is -2.32. The molecule has 0 bridgehead atoms. The molecule has 0 saturated carbocycles. The maximum absolute atomic E-state index is 11.2. The van der Waals surface area contributed by atoms with E-state index >= 15 is 0 Å². The summed E-state index contributed by atoms with van der Waals surface area (Å²) in [5.41, 5.74) is 6.88. The van der Waals surface area contributed by atoms with Crippen LogP contribution in [0.3, 0.4) is 0 Å². The summed E-state index contributed by atoms with van der Waals surface area (Å²) in [6.07, 6.45) is 5.19. The van der Waals surface area contributed by atoms with Crippen LogP contribution in [0.15, 0.2) is 24.3 Å². The van der Waals surface area contributed by atoms with Crippen molar-refractivity contribution in [1.82, 2.24) is 0 Å². The van der Waals surface area contributed by atoms with Gasteiger partial charge in [-0.2, -0.15) is 0 Å². The molecule has 0 heterocycles. The summed E-state index contributed by atoms with van der Waals surface area (Å²) in [7, 11) is 0. The molecule has 1 amide bonds. The maximum atomic E-state index is 11.2. The van der Waals surface area contributed by atoms with Gasteiger partial charge in [0.25, 0.3) is 0 Å². The summed E-state index contributed by atoms with van der Waals surface area (Å²) in [5.74, 6) is 2.28. The van der Waals surface area contributed by atoms with Crippen molar-refractivity contribution in [2.75, 3.05) is 5.32 Å². The fourth-order valence-electron chi connectivity index (χ4n) is 0.906. The number of nitrogens with two attached hydrogens (primary N) is 1. The molecule has 14 heavy (non-hydrogen) atoms. The van der Waals surface area contributed by atoms with E-state index < -0.39 is 6.04 Å². The summed E-state index contributed by atoms with van der Waals surface area (Å²) in [6.45, 7) is 1.63. The van der Waals surface area contributed by atoms with Crippen LogP contribution in [0.4, 0.5) is 5.69 Å². The SMILES string of the molecule is C#Cc1ccc(NC(=O)C(C)N)cc1. The number of nitrogens with one attached hydrogen (secondary N) is 1. The van der Waals surface area contributed by atoms with E-state index in [0.29, 0.717) is 5.69 Å². The Hall–Kier alpha value is -1.79. The van der Waals surface area contributed by atoms with Crippen molar-refractivity contribution in [2.45, 2.75) is 13.0 Å². The Morgan fingerprint density at radius 1 is 1.50 bits per heavy atom. The molecular formula is C11H12N2O. The van der Waals surface area contributed by atoms with E-state index in [4.69, 9.17) is 12.2 Å². The average Bonchev–Trinajstić information content (AvgIpc) is 2.19. The second kappa shape index (κ2) is 4.45. The van der Waals surface area contributed by atoms with Crippen LogP contribution >= 0.6 is 0 Å². The number of hydrogen-bond acceptors (Lipinski definition) is 2. The molecule has 1 rings (SSSR count). The first kappa shape index (κ1) is 10.3. The molecular weight excluding hydrogens is 176 g/mol. The fraction of sp³-hybridized carbons (Fsp3) is 0.182. The van der Waals surface area contributed by atoms with E-state index in [9.17, 15) is 4.79 Å². The van der Waals surface area contributed by atoms with Crippen molar-refractivity contribution in [1.29, 1.82) is 0 Å². The summed E-state index contributed by atoms with van der Waals surface area (Å²) in [6, 6.07) is 6.50. The standard InChI is InChI=1S/C11H12N2O/c1-3-9-4-6-10(7-5-9)13-11(14)8(2)12/h1,4-8H,12H2,2H3,(H,13,14). The zero-order valence-corrected chi connectivity index (χ0v) is 7.95. The predicted molar refractivity (Wildman–Crippen MR) is 56.7 cm³/mol. The van der Waals surface area contributed by atoms with E-state index in [2.05, 4.69) is 11.2 Å². The molecule has 0 aliphatic rings. The first-order valence-electron chi connectivity index (χ1n) is 4.26. The molecule has 1 aromatic rings. The van der Waals surface area contributed by atoms with E-state index in [-0.39, 0.29) is 5.91 Å². The molecule has 0 aliphatic carbocycles. The van der Waals surface area contributed by atoms with E-state index in [1.807, 2.05) is 0 Å². The van der Waals surface area contributed by atoms with Crippen molar-refractivity contribution in [3.8, 4) is 12.3 Å². The second-order valence-corrected chi connectivity index (χ2v) is 3.00. The van der Waals surface area contributed by atoms with E-state index in [1.54, 1.807) is 31.2 Å². The number of terminal acetylenes is 1. The summed E-state index contributed by atoms with van der Waals surface area (Å²) < 4.78 is 0. The maximum Gasteiger partial charge on any atom is 0.240 e. The van der Waals surface area contributed by atoms with Gasteiger partial charge in [-0.3, -0.25) is 4.79 Å². The Morgan fingerprint density at radius 3 is 2.50 bits per heavy atom. The molecule has 72 valence electrons. The zero-order valence-electron chi connectivity index (χ0n) is 7.95. The molecule has 0 aromatic heterocycles. The molecule has 0 saturated heterocycles. The monoisotopic (exact) mass is 188 g/mol. The highest BCUT2D eigenvalue weighted by Gasteiger charge is 2.06. The summed E-state index contributed by atoms with van der Waals surface area (Å²) >= 11 is 0. The molecule has 3 nitrogen and oxygen atoms in total. The molecule has 0 radical (unpaired) electrons. The highest BCUT2D eigenvalue weighted by Crippen LogP contribution is 2.08.